The molecule has 0 atom stereocenters. The van der Waals surface area contributed by atoms with Gasteiger partial charge in [-0.3, -0.25) is 0 Å². The molecule has 8 aromatic rings. The van der Waals surface area contributed by atoms with Crippen molar-refractivity contribution in [2.75, 3.05) is 0 Å². The van der Waals surface area contributed by atoms with Crippen LogP contribution in [0.4, 0.5) is 0 Å². The molecular weight excluding hydrogens is 528 g/mol. The Balaban J connectivity index is 0.000000142. The predicted molar refractivity (Wildman–Crippen MR) is 194 cm³/mol. The Bertz CT molecular complexity index is 2300. The molecule has 0 aromatic heterocycles. The molecule has 0 aliphatic heterocycles. The van der Waals surface area contributed by atoms with Gasteiger partial charge in [-0.2, -0.15) is 0 Å². The topological polar surface area (TPSA) is 0 Å². The molecule has 0 fully saturated rings. The van der Waals surface area contributed by atoms with Gasteiger partial charge < -0.3 is 0 Å². The monoisotopic (exact) mass is 560 g/mol. The lowest BCUT2D eigenvalue weighted by atomic mass is 9.91. The molecule has 0 unspecified atom stereocenters. The first kappa shape index (κ1) is 27.1. The van der Waals surface area contributed by atoms with Crippen LogP contribution in [0, 0.1) is 0 Å². The summed E-state index contributed by atoms with van der Waals surface area (Å²) in [7, 11) is 0. The highest BCUT2D eigenvalue weighted by Gasteiger charge is 2.09. The lowest BCUT2D eigenvalue weighted by molar-refractivity contribution is 1.61. The number of benzene rings is 8. The van der Waals surface area contributed by atoms with Gasteiger partial charge in [0.15, 0.2) is 0 Å². The minimum absolute atomic E-state index is 1.17. The number of hydrogen-bond acceptors (Lipinski definition) is 0. The molecule has 8 rings (SSSR count). The molecule has 0 heteroatoms. The largest absolute Gasteiger partial charge is 0.0984 e. The summed E-state index contributed by atoms with van der Waals surface area (Å²) in [4.78, 5) is 0. The van der Waals surface area contributed by atoms with Crippen molar-refractivity contribution in [3.63, 3.8) is 0 Å². The summed E-state index contributed by atoms with van der Waals surface area (Å²) in [5.74, 6) is 0. The normalized spacial score (nSPS) is 10.9. The highest BCUT2D eigenvalue weighted by Crippen LogP contribution is 2.35. The van der Waals surface area contributed by atoms with E-state index < -0.39 is 0 Å². The minimum Gasteiger partial charge on any atom is -0.0984 e. The summed E-state index contributed by atoms with van der Waals surface area (Å²) in [5.41, 5.74) is 7.31. The van der Waals surface area contributed by atoms with Gasteiger partial charge in [-0.15, -0.1) is 0 Å². The van der Waals surface area contributed by atoms with E-state index in [9.17, 15) is 0 Å². The lowest BCUT2D eigenvalue weighted by Crippen LogP contribution is -1.87. The van der Waals surface area contributed by atoms with Crippen molar-refractivity contribution in [3.05, 3.63) is 182 Å². The maximum absolute atomic E-state index is 3.99. The third kappa shape index (κ3) is 5.19. The molecule has 0 nitrogen and oxygen atoms in total. The first-order valence-corrected chi connectivity index (χ1v) is 15.0. The molecule has 0 saturated heterocycles. The van der Waals surface area contributed by atoms with Crippen molar-refractivity contribution in [1.82, 2.24) is 0 Å². The Morgan fingerprint density at radius 1 is 0.341 bits per heavy atom. The number of rotatable bonds is 4. The molecular formula is C44H32. The molecule has 0 radical (unpaired) electrons. The molecule has 0 bridgehead atoms. The van der Waals surface area contributed by atoms with Crippen LogP contribution in [0.3, 0.4) is 0 Å². The summed E-state index contributed by atoms with van der Waals surface area (Å²) >= 11 is 0. The van der Waals surface area contributed by atoms with Crippen molar-refractivity contribution in [2.45, 2.75) is 0 Å². The predicted octanol–water partition coefficient (Wildman–Crippen LogP) is 12.6. The van der Waals surface area contributed by atoms with Crippen molar-refractivity contribution in [3.8, 4) is 22.3 Å². The zero-order chi connectivity index (χ0) is 29.9. The smallest absolute Gasteiger partial charge is 0.00328 e. The van der Waals surface area contributed by atoms with E-state index >= 15 is 0 Å². The van der Waals surface area contributed by atoms with E-state index in [-0.39, 0.29) is 0 Å². The van der Waals surface area contributed by atoms with Crippen LogP contribution in [-0.4, -0.2) is 0 Å². The van der Waals surface area contributed by atoms with Gasteiger partial charge >= 0.3 is 0 Å². The van der Waals surface area contributed by atoms with E-state index in [0.717, 1.165) is 0 Å². The fourth-order valence-corrected chi connectivity index (χ4v) is 6.17. The molecule has 0 aliphatic carbocycles. The first-order valence-electron chi connectivity index (χ1n) is 15.0. The van der Waals surface area contributed by atoms with Crippen LogP contribution < -0.4 is 0 Å². The van der Waals surface area contributed by atoms with Gasteiger partial charge in [0.2, 0.25) is 0 Å². The van der Waals surface area contributed by atoms with Gasteiger partial charge in [-0.1, -0.05) is 153 Å². The lowest BCUT2D eigenvalue weighted by Gasteiger charge is -2.12. The Hall–Kier alpha value is -5.72. The minimum atomic E-state index is 1.17. The van der Waals surface area contributed by atoms with E-state index in [1.165, 1.54) is 76.5 Å². The number of hydrogen-bond donors (Lipinski definition) is 0. The van der Waals surface area contributed by atoms with E-state index in [1.807, 2.05) is 12.2 Å². The number of fused-ring (bicyclic) bond motifs is 4. The van der Waals surface area contributed by atoms with Gasteiger partial charge in [0.25, 0.3) is 0 Å². The molecule has 0 aliphatic rings. The van der Waals surface area contributed by atoms with Crippen LogP contribution in [0.2, 0.25) is 0 Å². The fourth-order valence-electron chi connectivity index (χ4n) is 6.17. The summed E-state index contributed by atoms with van der Waals surface area (Å²) in [6.07, 6.45) is 3.86. The van der Waals surface area contributed by atoms with E-state index in [2.05, 4.69) is 171 Å². The molecule has 44 heavy (non-hydrogen) atoms. The fraction of sp³-hybridized carbons (Fsp3) is 0. The second kappa shape index (κ2) is 11.9. The molecule has 0 amide bonds. The van der Waals surface area contributed by atoms with Crippen LogP contribution in [0.25, 0.3) is 77.5 Å². The van der Waals surface area contributed by atoms with Crippen LogP contribution >= 0.6 is 0 Å². The summed E-state index contributed by atoms with van der Waals surface area (Å²) in [6.45, 7) is 7.91. The first-order chi connectivity index (χ1) is 21.7. The summed E-state index contributed by atoms with van der Waals surface area (Å²) in [5, 5.41) is 10.2. The maximum atomic E-state index is 3.99. The third-order valence-corrected chi connectivity index (χ3v) is 8.40. The van der Waals surface area contributed by atoms with Crippen LogP contribution in [0.1, 0.15) is 11.1 Å². The second-order valence-electron chi connectivity index (χ2n) is 11.1. The SMILES string of the molecule is C=Cc1ccc2cc3ccccc3cc2c1-c1ccccc1.C=Cc1ccccc1-c1ccc2cc3ccccc3cc2c1. The highest BCUT2D eigenvalue weighted by molar-refractivity contribution is 6.07. The van der Waals surface area contributed by atoms with Crippen molar-refractivity contribution < 1.29 is 0 Å². The van der Waals surface area contributed by atoms with Gasteiger partial charge in [0, 0.05) is 0 Å². The van der Waals surface area contributed by atoms with Crippen LogP contribution in [0.15, 0.2) is 171 Å². The van der Waals surface area contributed by atoms with Crippen molar-refractivity contribution in [2.24, 2.45) is 0 Å². The van der Waals surface area contributed by atoms with E-state index in [4.69, 9.17) is 0 Å². The molecule has 0 saturated carbocycles. The highest BCUT2D eigenvalue weighted by atomic mass is 14.1. The third-order valence-electron chi connectivity index (χ3n) is 8.40. The Labute approximate surface area is 258 Å². The van der Waals surface area contributed by atoms with Crippen molar-refractivity contribution >= 4 is 55.2 Å². The molecule has 0 N–H and O–H groups in total. The second-order valence-corrected chi connectivity index (χ2v) is 11.1. The van der Waals surface area contributed by atoms with E-state index in [1.54, 1.807) is 0 Å². The molecule has 208 valence electrons. The summed E-state index contributed by atoms with van der Waals surface area (Å²) < 4.78 is 0. The molecule has 0 heterocycles. The average molecular weight is 561 g/mol. The van der Waals surface area contributed by atoms with Gasteiger partial charge in [0.1, 0.15) is 0 Å². The zero-order valence-electron chi connectivity index (χ0n) is 24.6. The van der Waals surface area contributed by atoms with Gasteiger partial charge in [-0.05, 0) is 107 Å². The van der Waals surface area contributed by atoms with Gasteiger partial charge in [-0.25, -0.2) is 0 Å². The standard InChI is InChI=1S/2C22H16/c1-2-16-7-5-6-10-22(16)20-12-11-19-13-17-8-3-4-9-18(17)14-21(19)15-20;1-2-16-12-13-20-14-18-10-6-7-11-19(18)15-21(20)22(16)17-8-4-3-5-9-17/h2*2-15H,1H2. The Kier molecular flexibility index (Phi) is 7.32. The maximum Gasteiger partial charge on any atom is -0.00328 e. The van der Waals surface area contributed by atoms with Crippen LogP contribution in [-0.2, 0) is 0 Å². The van der Waals surface area contributed by atoms with Crippen molar-refractivity contribution in [1.29, 1.82) is 0 Å². The summed E-state index contributed by atoms with van der Waals surface area (Å²) in [6, 6.07) is 56.0. The quantitative estimate of drug-likeness (QED) is 0.188. The molecule has 0 spiro atoms. The van der Waals surface area contributed by atoms with E-state index in [0.29, 0.717) is 0 Å². The zero-order valence-corrected chi connectivity index (χ0v) is 24.6. The van der Waals surface area contributed by atoms with Crippen LogP contribution in [0.5, 0.6) is 0 Å². The average Bonchev–Trinajstić information content (AvgIpc) is 3.09. The van der Waals surface area contributed by atoms with Gasteiger partial charge in [0.05, 0.1) is 0 Å². The Morgan fingerprint density at radius 3 is 1.55 bits per heavy atom. The Morgan fingerprint density at radius 2 is 0.864 bits per heavy atom. The molecule has 8 aromatic carbocycles.